The molecule has 2 N–H and O–H groups in total. The molecule has 0 amide bonds. The zero-order chi connectivity index (χ0) is 11.1. The third-order valence-electron chi connectivity index (χ3n) is 2.24. The van der Waals surface area contributed by atoms with Crippen LogP contribution in [0.25, 0.3) is 0 Å². The standard InChI is InChI=1S/C12H19NOS/c1-10(6-7-13)15-9-11-4-3-5-12(8-11)14-2/h3-5,8,10H,6-7,9,13H2,1-2H3. The van der Waals surface area contributed by atoms with Gasteiger partial charge in [-0.1, -0.05) is 19.1 Å². The molecule has 1 unspecified atom stereocenters. The number of benzene rings is 1. The largest absolute Gasteiger partial charge is 0.497 e. The Hall–Kier alpha value is -0.670. The highest BCUT2D eigenvalue weighted by Gasteiger charge is 2.02. The van der Waals surface area contributed by atoms with E-state index in [0.717, 1.165) is 24.5 Å². The van der Waals surface area contributed by atoms with Crippen molar-refractivity contribution in [1.82, 2.24) is 0 Å². The second-order valence-electron chi connectivity index (χ2n) is 3.55. The van der Waals surface area contributed by atoms with Crippen molar-refractivity contribution >= 4 is 11.8 Å². The molecule has 0 heterocycles. The third-order valence-corrected chi connectivity index (χ3v) is 3.55. The number of thioether (sulfide) groups is 1. The van der Waals surface area contributed by atoms with E-state index in [4.69, 9.17) is 10.5 Å². The molecule has 84 valence electrons. The number of nitrogens with two attached hydrogens (primary N) is 1. The average Bonchev–Trinajstić information content (AvgIpc) is 2.27. The SMILES string of the molecule is COc1cccc(CSC(C)CCN)c1. The number of ether oxygens (including phenoxy) is 1. The number of hydrogen-bond acceptors (Lipinski definition) is 3. The van der Waals surface area contributed by atoms with E-state index in [2.05, 4.69) is 19.1 Å². The molecule has 0 aromatic heterocycles. The van der Waals surface area contributed by atoms with Crippen LogP contribution in [0.5, 0.6) is 5.75 Å². The summed E-state index contributed by atoms with van der Waals surface area (Å²) < 4.78 is 5.18. The van der Waals surface area contributed by atoms with E-state index in [9.17, 15) is 0 Å². The van der Waals surface area contributed by atoms with Crippen LogP contribution in [0.15, 0.2) is 24.3 Å². The molecule has 0 fully saturated rings. The van der Waals surface area contributed by atoms with Crippen LogP contribution in [0.1, 0.15) is 18.9 Å². The first-order valence-electron chi connectivity index (χ1n) is 5.21. The fourth-order valence-corrected chi connectivity index (χ4v) is 2.28. The summed E-state index contributed by atoms with van der Waals surface area (Å²) in [6, 6.07) is 8.21. The highest BCUT2D eigenvalue weighted by molar-refractivity contribution is 7.99. The van der Waals surface area contributed by atoms with Gasteiger partial charge in [0.25, 0.3) is 0 Å². The van der Waals surface area contributed by atoms with Gasteiger partial charge in [-0.25, -0.2) is 0 Å². The lowest BCUT2D eigenvalue weighted by Gasteiger charge is -2.10. The summed E-state index contributed by atoms with van der Waals surface area (Å²) in [5.41, 5.74) is 6.82. The lowest BCUT2D eigenvalue weighted by atomic mass is 10.2. The Kier molecular flexibility index (Phi) is 5.58. The highest BCUT2D eigenvalue weighted by atomic mass is 32.2. The van der Waals surface area contributed by atoms with Gasteiger partial charge in [0.1, 0.15) is 5.75 Å². The minimum absolute atomic E-state index is 0.626. The molecule has 15 heavy (non-hydrogen) atoms. The molecule has 1 atom stereocenters. The van der Waals surface area contributed by atoms with E-state index in [1.807, 2.05) is 23.9 Å². The van der Waals surface area contributed by atoms with Crippen molar-refractivity contribution in [3.8, 4) is 5.75 Å². The molecule has 0 saturated heterocycles. The highest BCUT2D eigenvalue weighted by Crippen LogP contribution is 2.22. The van der Waals surface area contributed by atoms with Gasteiger partial charge in [0.2, 0.25) is 0 Å². The number of hydrogen-bond donors (Lipinski definition) is 1. The van der Waals surface area contributed by atoms with Gasteiger partial charge in [0.15, 0.2) is 0 Å². The summed E-state index contributed by atoms with van der Waals surface area (Å²) in [7, 11) is 1.70. The second kappa shape index (κ2) is 6.75. The molecule has 2 nitrogen and oxygen atoms in total. The molecule has 0 aliphatic carbocycles. The molecule has 0 aliphatic rings. The Labute approximate surface area is 96.2 Å². The van der Waals surface area contributed by atoms with Crippen molar-refractivity contribution in [2.75, 3.05) is 13.7 Å². The quantitative estimate of drug-likeness (QED) is 0.808. The van der Waals surface area contributed by atoms with Gasteiger partial charge in [0.05, 0.1) is 7.11 Å². The maximum atomic E-state index is 5.51. The van der Waals surface area contributed by atoms with Crippen molar-refractivity contribution in [3.63, 3.8) is 0 Å². The average molecular weight is 225 g/mol. The summed E-state index contributed by atoms with van der Waals surface area (Å²) in [5.74, 6) is 1.96. The summed E-state index contributed by atoms with van der Waals surface area (Å²) >= 11 is 1.94. The van der Waals surface area contributed by atoms with Gasteiger partial charge in [-0.15, -0.1) is 0 Å². The molecule has 3 heteroatoms. The molecule has 1 aromatic carbocycles. The maximum Gasteiger partial charge on any atom is 0.119 e. The Bertz CT molecular complexity index is 291. The Morgan fingerprint density at radius 2 is 2.27 bits per heavy atom. The molecule has 1 aromatic rings. The summed E-state index contributed by atoms with van der Waals surface area (Å²) in [6.45, 7) is 2.99. The van der Waals surface area contributed by atoms with Crippen LogP contribution in [0.2, 0.25) is 0 Å². The van der Waals surface area contributed by atoms with Gasteiger partial charge >= 0.3 is 0 Å². The summed E-state index contributed by atoms with van der Waals surface area (Å²) in [6.07, 6.45) is 1.08. The van der Waals surface area contributed by atoms with Crippen LogP contribution < -0.4 is 10.5 Å². The van der Waals surface area contributed by atoms with Gasteiger partial charge < -0.3 is 10.5 Å². The van der Waals surface area contributed by atoms with Crippen molar-refractivity contribution < 1.29 is 4.74 Å². The van der Waals surface area contributed by atoms with Gasteiger partial charge in [0, 0.05) is 11.0 Å². The molecular weight excluding hydrogens is 206 g/mol. The predicted molar refractivity (Wildman–Crippen MR) is 67.4 cm³/mol. The van der Waals surface area contributed by atoms with E-state index < -0.39 is 0 Å². The van der Waals surface area contributed by atoms with E-state index >= 15 is 0 Å². The molecule has 0 radical (unpaired) electrons. The minimum atomic E-state index is 0.626. The predicted octanol–water partition coefficient (Wildman–Crippen LogP) is 2.67. The van der Waals surface area contributed by atoms with E-state index in [0.29, 0.717) is 5.25 Å². The smallest absolute Gasteiger partial charge is 0.119 e. The number of rotatable bonds is 6. The van der Waals surface area contributed by atoms with Gasteiger partial charge in [-0.2, -0.15) is 11.8 Å². The van der Waals surface area contributed by atoms with Gasteiger partial charge in [-0.3, -0.25) is 0 Å². The fourth-order valence-electron chi connectivity index (χ4n) is 1.32. The Morgan fingerprint density at radius 3 is 2.93 bits per heavy atom. The maximum absolute atomic E-state index is 5.51. The Balaban J connectivity index is 2.43. The van der Waals surface area contributed by atoms with Crippen LogP contribution in [0, 0.1) is 0 Å². The van der Waals surface area contributed by atoms with E-state index in [1.54, 1.807) is 7.11 Å². The van der Waals surface area contributed by atoms with Crippen molar-refractivity contribution in [2.45, 2.75) is 24.3 Å². The molecule has 0 aliphatic heterocycles. The van der Waals surface area contributed by atoms with E-state index in [1.165, 1.54) is 5.56 Å². The van der Waals surface area contributed by atoms with Crippen LogP contribution in [-0.2, 0) is 5.75 Å². The number of methoxy groups -OCH3 is 1. The molecule has 1 rings (SSSR count). The first-order valence-corrected chi connectivity index (χ1v) is 6.25. The first kappa shape index (κ1) is 12.4. The minimum Gasteiger partial charge on any atom is -0.497 e. The van der Waals surface area contributed by atoms with Crippen LogP contribution in [-0.4, -0.2) is 18.9 Å². The van der Waals surface area contributed by atoms with E-state index in [-0.39, 0.29) is 0 Å². The van der Waals surface area contributed by atoms with Crippen LogP contribution >= 0.6 is 11.8 Å². The summed E-state index contributed by atoms with van der Waals surface area (Å²) in [4.78, 5) is 0. The first-order chi connectivity index (χ1) is 7.26. The monoisotopic (exact) mass is 225 g/mol. The molecule has 0 spiro atoms. The van der Waals surface area contributed by atoms with Crippen LogP contribution in [0.4, 0.5) is 0 Å². The zero-order valence-corrected chi connectivity index (χ0v) is 10.2. The van der Waals surface area contributed by atoms with Crippen molar-refractivity contribution in [1.29, 1.82) is 0 Å². The normalized spacial score (nSPS) is 12.5. The van der Waals surface area contributed by atoms with Gasteiger partial charge in [-0.05, 0) is 30.7 Å². The second-order valence-corrected chi connectivity index (χ2v) is 4.98. The lowest BCUT2D eigenvalue weighted by molar-refractivity contribution is 0.414. The lowest BCUT2D eigenvalue weighted by Crippen LogP contribution is -2.07. The molecule has 0 bridgehead atoms. The summed E-state index contributed by atoms with van der Waals surface area (Å²) in [5, 5.41) is 0.626. The molecular formula is C12H19NOS. The van der Waals surface area contributed by atoms with Crippen molar-refractivity contribution in [2.24, 2.45) is 5.73 Å². The third kappa shape index (κ3) is 4.58. The zero-order valence-electron chi connectivity index (χ0n) is 9.40. The van der Waals surface area contributed by atoms with Crippen LogP contribution in [0.3, 0.4) is 0 Å². The molecule has 0 saturated carbocycles. The topological polar surface area (TPSA) is 35.2 Å². The Morgan fingerprint density at radius 1 is 1.47 bits per heavy atom. The fraction of sp³-hybridized carbons (Fsp3) is 0.500. The van der Waals surface area contributed by atoms with Crippen molar-refractivity contribution in [3.05, 3.63) is 29.8 Å².